The molecule has 0 radical (unpaired) electrons. The predicted molar refractivity (Wildman–Crippen MR) is 68.6 cm³/mol. The van der Waals surface area contributed by atoms with Crippen molar-refractivity contribution >= 4 is 5.91 Å². The third-order valence-electron chi connectivity index (χ3n) is 4.35. The van der Waals surface area contributed by atoms with E-state index in [4.69, 9.17) is 5.73 Å². The average Bonchev–Trinajstić information content (AvgIpc) is 3.08. The highest BCUT2D eigenvalue weighted by molar-refractivity contribution is 5.77. The molecule has 3 unspecified atom stereocenters. The summed E-state index contributed by atoms with van der Waals surface area (Å²) in [4.78, 5) is 16.5. The summed E-state index contributed by atoms with van der Waals surface area (Å²) in [6.45, 7) is 6.04. The largest absolute Gasteiger partial charge is 0.340 e. The molecule has 0 bridgehead atoms. The Hall–Kier alpha value is -0.610. The second-order valence-electron chi connectivity index (χ2n) is 5.87. The fourth-order valence-corrected chi connectivity index (χ4v) is 2.63. The van der Waals surface area contributed by atoms with Crippen molar-refractivity contribution in [2.45, 2.75) is 51.2 Å². The van der Waals surface area contributed by atoms with Crippen molar-refractivity contribution < 1.29 is 4.79 Å². The Kier molecular flexibility index (Phi) is 3.73. The van der Waals surface area contributed by atoms with Gasteiger partial charge in [-0.1, -0.05) is 0 Å². The van der Waals surface area contributed by atoms with E-state index >= 15 is 0 Å². The quantitative estimate of drug-likeness (QED) is 0.787. The lowest BCUT2D eigenvalue weighted by atomic mass is 10.1. The number of carbonyl (C=O) groups is 1. The van der Waals surface area contributed by atoms with E-state index in [-0.39, 0.29) is 11.9 Å². The summed E-state index contributed by atoms with van der Waals surface area (Å²) in [5.41, 5.74) is 6.03. The van der Waals surface area contributed by atoms with Crippen LogP contribution in [0.15, 0.2) is 0 Å². The number of hydrogen-bond acceptors (Lipinski definition) is 3. The van der Waals surface area contributed by atoms with Crippen LogP contribution in [-0.4, -0.2) is 54.0 Å². The number of amides is 1. The summed E-state index contributed by atoms with van der Waals surface area (Å²) >= 11 is 0. The Bertz CT molecular complexity index is 278. The van der Waals surface area contributed by atoms with Crippen LogP contribution >= 0.6 is 0 Å². The van der Waals surface area contributed by atoms with Gasteiger partial charge >= 0.3 is 0 Å². The first-order chi connectivity index (χ1) is 7.99. The molecule has 2 fully saturated rings. The van der Waals surface area contributed by atoms with E-state index < -0.39 is 0 Å². The Morgan fingerprint density at radius 2 is 1.82 bits per heavy atom. The first-order valence-corrected chi connectivity index (χ1v) is 6.74. The maximum atomic E-state index is 12.2. The molecule has 1 aliphatic heterocycles. The van der Waals surface area contributed by atoms with E-state index in [1.165, 1.54) is 12.8 Å². The third-order valence-corrected chi connectivity index (χ3v) is 4.35. The van der Waals surface area contributed by atoms with Gasteiger partial charge in [0.05, 0.1) is 0 Å². The highest BCUT2D eigenvalue weighted by atomic mass is 16.2. The lowest BCUT2D eigenvalue weighted by molar-refractivity contribution is -0.135. The lowest BCUT2D eigenvalue weighted by Gasteiger charge is -2.42. The summed E-state index contributed by atoms with van der Waals surface area (Å²) in [5.74, 6) is 0.859. The van der Waals surface area contributed by atoms with Crippen LogP contribution in [0.25, 0.3) is 0 Å². The molecule has 4 nitrogen and oxygen atoms in total. The molecular formula is C13H25N3O. The summed E-state index contributed by atoms with van der Waals surface area (Å²) in [5, 5.41) is 0. The van der Waals surface area contributed by atoms with Gasteiger partial charge in [0.1, 0.15) is 0 Å². The topological polar surface area (TPSA) is 49.6 Å². The fraction of sp³-hybridized carbons (Fsp3) is 0.923. The van der Waals surface area contributed by atoms with Gasteiger partial charge in [-0.15, -0.1) is 0 Å². The van der Waals surface area contributed by atoms with Crippen LogP contribution in [0.2, 0.25) is 0 Å². The molecule has 3 atom stereocenters. The Morgan fingerprint density at radius 3 is 2.29 bits per heavy atom. The molecule has 17 heavy (non-hydrogen) atoms. The molecule has 0 spiro atoms. The molecule has 2 rings (SSSR count). The molecule has 0 aromatic rings. The summed E-state index contributed by atoms with van der Waals surface area (Å²) in [7, 11) is 2.13. The number of carbonyl (C=O) groups excluding carboxylic acids is 1. The van der Waals surface area contributed by atoms with Crippen molar-refractivity contribution in [3.05, 3.63) is 0 Å². The Labute approximate surface area is 104 Å². The average molecular weight is 239 g/mol. The monoisotopic (exact) mass is 239 g/mol. The van der Waals surface area contributed by atoms with E-state index in [9.17, 15) is 4.79 Å². The second kappa shape index (κ2) is 4.94. The van der Waals surface area contributed by atoms with Crippen molar-refractivity contribution in [1.29, 1.82) is 0 Å². The van der Waals surface area contributed by atoms with E-state index in [0.717, 1.165) is 13.1 Å². The molecule has 1 saturated carbocycles. The van der Waals surface area contributed by atoms with Gasteiger partial charge in [0.15, 0.2) is 0 Å². The van der Waals surface area contributed by atoms with E-state index in [0.29, 0.717) is 24.4 Å². The molecule has 2 N–H and O–H groups in total. The fourth-order valence-electron chi connectivity index (χ4n) is 2.63. The van der Waals surface area contributed by atoms with Crippen LogP contribution in [0, 0.1) is 5.92 Å². The first kappa shape index (κ1) is 12.8. The maximum absolute atomic E-state index is 12.2. The molecule has 2 aliphatic rings. The molecule has 0 aromatic heterocycles. The number of rotatable bonds is 3. The zero-order valence-electron chi connectivity index (χ0n) is 11.2. The zero-order chi connectivity index (χ0) is 12.6. The minimum absolute atomic E-state index is 0.0905. The summed E-state index contributed by atoms with van der Waals surface area (Å²) in [6.07, 6.45) is 2.96. The van der Waals surface area contributed by atoms with Crippen LogP contribution in [0.1, 0.15) is 33.1 Å². The van der Waals surface area contributed by atoms with Crippen molar-refractivity contribution in [2.24, 2.45) is 11.7 Å². The SMILES string of the molecule is CC1CN(C(=O)CC(N)C2CC2)CC(C)N1C. The normalized spacial score (nSPS) is 32.6. The Morgan fingerprint density at radius 1 is 1.29 bits per heavy atom. The van der Waals surface area contributed by atoms with Crippen LogP contribution in [0.4, 0.5) is 0 Å². The van der Waals surface area contributed by atoms with E-state index in [2.05, 4.69) is 25.8 Å². The van der Waals surface area contributed by atoms with Gasteiger partial charge in [-0.25, -0.2) is 0 Å². The van der Waals surface area contributed by atoms with Crippen molar-refractivity contribution in [3.63, 3.8) is 0 Å². The summed E-state index contributed by atoms with van der Waals surface area (Å²) in [6, 6.07) is 0.979. The smallest absolute Gasteiger partial charge is 0.224 e. The van der Waals surface area contributed by atoms with Crippen LogP contribution < -0.4 is 5.73 Å². The number of likely N-dealkylation sites (N-methyl/N-ethyl adjacent to an activating group) is 1. The van der Waals surface area contributed by atoms with Gasteiger partial charge in [-0.3, -0.25) is 9.69 Å². The highest BCUT2D eigenvalue weighted by Crippen LogP contribution is 2.33. The van der Waals surface area contributed by atoms with Crippen LogP contribution in [0.5, 0.6) is 0 Å². The molecule has 1 heterocycles. The molecular weight excluding hydrogens is 214 g/mol. The van der Waals surface area contributed by atoms with Gasteiger partial charge < -0.3 is 10.6 Å². The molecule has 1 saturated heterocycles. The molecule has 4 heteroatoms. The van der Waals surface area contributed by atoms with Gasteiger partial charge in [0.25, 0.3) is 0 Å². The lowest BCUT2D eigenvalue weighted by Crippen LogP contribution is -2.57. The van der Waals surface area contributed by atoms with E-state index in [1.54, 1.807) is 0 Å². The first-order valence-electron chi connectivity index (χ1n) is 6.74. The van der Waals surface area contributed by atoms with Gasteiger partial charge in [0, 0.05) is 37.6 Å². The maximum Gasteiger partial charge on any atom is 0.224 e. The van der Waals surface area contributed by atoms with Gasteiger partial charge in [-0.2, -0.15) is 0 Å². The van der Waals surface area contributed by atoms with Crippen LogP contribution in [-0.2, 0) is 4.79 Å². The standard InChI is InChI=1S/C13H25N3O/c1-9-7-16(8-10(2)15(9)3)13(17)6-12(14)11-4-5-11/h9-12H,4-8,14H2,1-3H3. The highest BCUT2D eigenvalue weighted by Gasteiger charge is 2.33. The summed E-state index contributed by atoms with van der Waals surface area (Å²) < 4.78 is 0. The molecule has 1 amide bonds. The predicted octanol–water partition coefficient (Wildman–Crippen LogP) is 0.665. The zero-order valence-corrected chi connectivity index (χ0v) is 11.2. The number of piperazine rings is 1. The van der Waals surface area contributed by atoms with Crippen molar-refractivity contribution in [3.8, 4) is 0 Å². The van der Waals surface area contributed by atoms with Crippen molar-refractivity contribution in [1.82, 2.24) is 9.80 Å². The molecule has 98 valence electrons. The minimum atomic E-state index is 0.0905. The number of nitrogens with zero attached hydrogens (tertiary/aromatic N) is 2. The van der Waals surface area contributed by atoms with E-state index in [1.807, 2.05) is 4.90 Å². The second-order valence-corrected chi connectivity index (χ2v) is 5.87. The van der Waals surface area contributed by atoms with Crippen molar-refractivity contribution in [2.75, 3.05) is 20.1 Å². The third kappa shape index (κ3) is 2.99. The van der Waals surface area contributed by atoms with Gasteiger partial charge in [0.2, 0.25) is 5.91 Å². The van der Waals surface area contributed by atoms with Crippen LogP contribution in [0.3, 0.4) is 0 Å². The minimum Gasteiger partial charge on any atom is -0.340 e. The number of hydrogen-bond donors (Lipinski definition) is 1. The molecule has 1 aliphatic carbocycles. The Balaban J connectivity index is 1.86. The van der Waals surface area contributed by atoms with Gasteiger partial charge in [-0.05, 0) is 39.7 Å². The molecule has 0 aromatic carbocycles. The number of nitrogens with two attached hydrogens (primary N) is 1.